The summed E-state index contributed by atoms with van der Waals surface area (Å²) < 4.78 is 0. The van der Waals surface area contributed by atoms with Crippen molar-refractivity contribution in [2.75, 3.05) is 0 Å². The van der Waals surface area contributed by atoms with Crippen molar-refractivity contribution >= 4 is 5.97 Å². The first-order chi connectivity index (χ1) is 6.51. The van der Waals surface area contributed by atoms with Gasteiger partial charge in [-0.3, -0.25) is 4.79 Å². The monoisotopic (exact) mass is 198 g/mol. The Morgan fingerprint density at radius 3 is 2.71 bits per heavy atom. The second-order valence-electron chi connectivity index (χ2n) is 3.58. The number of hydrogen-bond donors (Lipinski definition) is 2. The molecule has 0 radical (unpaired) electrons. The predicted molar refractivity (Wildman–Crippen MR) is 43.1 cm³/mol. The number of rotatable bonds is 2. The summed E-state index contributed by atoms with van der Waals surface area (Å²) in [4.78, 5) is 11.8. The average Bonchev–Trinajstić information content (AvgIpc) is 2.45. The number of carboxylic acids is 1. The average molecular weight is 198 g/mol. The van der Waals surface area contributed by atoms with Gasteiger partial charge in [0.1, 0.15) is 5.60 Å². The molecule has 2 rings (SSSR count). The number of carbonyl (C=O) groups is 1. The number of aryl methyl sites for hydroxylation is 1. The summed E-state index contributed by atoms with van der Waals surface area (Å²) in [6.07, 6.45) is 0.321. The minimum absolute atomic E-state index is 0.161. The summed E-state index contributed by atoms with van der Waals surface area (Å²) in [6.45, 7) is 0. The van der Waals surface area contributed by atoms with Gasteiger partial charge in [0.05, 0.1) is 13.0 Å². The number of tetrazole rings is 1. The molecule has 1 aromatic rings. The summed E-state index contributed by atoms with van der Waals surface area (Å²) >= 11 is 0. The van der Waals surface area contributed by atoms with Crippen LogP contribution in [0.4, 0.5) is 0 Å². The molecule has 0 aliphatic heterocycles. The lowest BCUT2D eigenvalue weighted by molar-refractivity contribution is -0.160. The molecule has 76 valence electrons. The highest BCUT2D eigenvalue weighted by molar-refractivity contribution is 5.71. The van der Waals surface area contributed by atoms with Gasteiger partial charge in [-0.15, -0.1) is 10.2 Å². The molecule has 1 heterocycles. The van der Waals surface area contributed by atoms with Gasteiger partial charge in [-0.1, -0.05) is 0 Å². The van der Waals surface area contributed by atoms with E-state index in [1.165, 1.54) is 4.80 Å². The maximum Gasteiger partial charge on any atom is 0.306 e. The van der Waals surface area contributed by atoms with Gasteiger partial charge in [-0.25, -0.2) is 0 Å². The Labute approximate surface area is 79.3 Å². The highest BCUT2D eigenvalue weighted by Gasteiger charge is 2.50. The first-order valence-electron chi connectivity index (χ1n) is 4.21. The van der Waals surface area contributed by atoms with Crippen LogP contribution in [-0.2, 0) is 17.4 Å². The van der Waals surface area contributed by atoms with E-state index in [1.54, 1.807) is 7.05 Å². The fourth-order valence-electron chi connectivity index (χ4n) is 1.58. The molecule has 0 aromatic carbocycles. The number of hydrogen-bond acceptors (Lipinski definition) is 5. The van der Waals surface area contributed by atoms with Crippen LogP contribution in [0.3, 0.4) is 0 Å². The molecule has 1 aliphatic carbocycles. The molecule has 2 N–H and O–H groups in total. The molecular formula is C7H10N4O3. The van der Waals surface area contributed by atoms with Crippen LogP contribution in [0.25, 0.3) is 0 Å². The molecule has 0 amide bonds. The van der Waals surface area contributed by atoms with E-state index in [2.05, 4.69) is 15.4 Å². The lowest BCUT2D eigenvalue weighted by atomic mass is 9.70. The third kappa shape index (κ3) is 1.25. The SMILES string of the molecule is Cn1nnc(C2(O)CC(C(=O)O)C2)n1. The molecule has 0 atom stereocenters. The molecule has 1 aromatic heterocycles. The van der Waals surface area contributed by atoms with E-state index >= 15 is 0 Å². The third-order valence-electron chi connectivity index (χ3n) is 2.44. The van der Waals surface area contributed by atoms with Gasteiger partial charge in [0.15, 0.2) is 0 Å². The van der Waals surface area contributed by atoms with Crippen LogP contribution in [-0.4, -0.2) is 36.4 Å². The molecule has 0 bridgehead atoms. The fraction of sp³-hybridized carbons (Fsp3) is 0.714. The summed E-state index contributed by atoms with van der Waals surface area (Å²) in [5.41, 5.74) is -1.20. The van der Waals surface area contributed by atoms with E-state index < -0.39 is 17.5 Å². The Balaban J connectivity index is 2.11. The summed E-state index contributed by atoms with van der Waals surface area (Å²) in [6, 6.07) is 0. The number of aromatic nitrogens is 4. The van der Waals surface area contributed by atoms with Crippen molar-refractivity contribution in [3.63, 3.8) is 0 Å². The molecule has 7 nitrogen and oxygen atoms in total. The van der Waals surface area contributed by atoms with Crippen molar-refractivity contribution in [2.45, 2.75) is 18.4 Å². The van der Waals surface area contributed by atoms with Crippen LogP contribution in [0, 0.1) is 5.92 Å². The van der Waals surface area contributed by atoms with Gasteiger partial charge in [0, 0.05) is 0 Å². The first-order valence-corrected chi connectivity index (χ1v) is 4.21. The summed E-state index contributed by atoms with van der Waals surface area (Å²) in [7, 11) is 1.59. The van der Waals surface area contributed by atoms with E-state index in [0.717, 1.165) is 0 Å². The van der Waals surface area contributed by atoms with Gasteiger partial charge in [-0.2, -0.15) is 4.80 Å². The van der Waals surface area contributed by atoms with E-state index in [4.69, 9.17) is 5.11 Å². The highest BCUT2D eigenvalue weighted by Crippen LogP contribution is 2.43. The fourth-order valence-corrected chi connectivity index (χ4v) is 1.58. The Hall–Kier alpha value is -1.50. The molecule has 1 saturated carbocycles. The molecule has 1 fully saturated rings. The molecule has 14 heavy (non-hydrogen) atoms. The smallest absolute Gasteiger partial charge is 0.306 e. The second kappa shape index (κ2) is 2.74. The zero-order valence-electron chi connectivity index (χ0n) is 7.58. The second-order valence-corrected chi connectivity index (χ2v) is 3.58. The number of aliphatic carboxylic acids is 1. The number of carboxylic acid groups (broad SMARTS) is 1. The van der Waals surface area contributed by atoms with Crippen LogP contribution in [0.2, 0.25) is 0 Å². The molecule has 0 spiro atoms. The van der Waals surface area contributed by atoms with Crippen LogP contribution in [0.15, 0.2) is 0 Å². The Bertz CT molecular complexity index is 369. The lowest BCUT2D eigenvalue weighted by Gasteiger charge is -2.38. The van der Waals surface area contributed by atoms with Crippen molar-refractivity contribution in [2.24, 2.45) is 13.0 Å². The van der Waals surface area contributed by atoms with Crippen LogP contribution < -0.4 is 0 Å². The Morgan fingerprint density at radius 2 is 2.29 bits per heavy atom. The molecule has 0 unspecified atom stereocenters. The molecule has 0 saturated heterocycles. The molecule has 1 aliphatic rings. The zero-order valence-corrected chi connectivity index (χ0v) is 7.58. The largest absolute Gasteiger partial charge is 0.481 e. The number of nitrogens with zero attached hydrogens (tertiary/aromatic N) is 4. The molecule has 7 heteroatoms. The van der Waals surface area contributed by atoms with E-state index in [1.807, 2.05) is 0 Å². The summed E-state index contributed by atoms with van der Waals surface area (Å²) in [5, 5.41) is 29.6. The lowest BCUT2D eigenvalue weighted by Crippen LogP contribution is -2.45. The standard InChI is InChI=1S/C7H10N4O3/c1-11-9-6(8-10-11)7(14)2-4(3-7)5(12)13/h4,14H,2-3H2,1H3,(H,12,13). The van der Waals surface area contributed by atoms with Crippen molar-refractivity contribution in [3.8, 4) is 0 Å². The van der Waals surface area contributed by atoms with Crippen molar-refractivity contribution in [1.29, 1.82) is 0 Å². The normalized spacial score (nSPS) is 31.1. The zero-order chi connectivity index (χ0) is 10.3. The summed E-state index contributed by atoms with van der Waals surface area (Å²) in [5.74, 6) is -1.18. The van der Waals surface area contributed by atoms with Crippen LogP contribution >= 0.6 is 0 Å². The minimum Gasteiger partial charge on any atom is -0.481 e. The first kappa shape index (κ1) is 9.07. The predicted octanol–water partition coefficient (Wildman–Crippen LogP) is -1.11. The maximum absolute atomic E-state index is 10.5. The third-order valence-corrected chi connectivity index (χ3v) is 2.44. The van der Waals surface area contributed by atoms with Crippen molar-refractivity contribution in [1.82, 2.24) is 20.2 Å². The maximum atomic E-state index is 10.5. The van der Waals surface area contributed by atoms with Gasteiger partial charge in [0.2, 0.25) is 5.82 Å². The van der Waals surface area contributed by atoms with Crippen LogP contribution in [0.5, 0.6) is 0 Å². The Kier molecular flexibility index (Phi) is 1.78. The number of aliphatic hydroxyl groups is 1. The van der Waals surface area contributed by atoms with E-state index in [9.17, 15) is 9.90 Å². The van der Waals surface area contributed by atoms with Gasteiger partial charge < -0.3 is 10.2 Å². The van der Waals surface area contributed by atoms with Gasteiger partial charge >= 0.3 is 5.97 Å². The highest BCUT2D eigenvalue weighted by atomic mass is 16.4. The van der Waals surface area contributed by atoms with Gasteiger partial charge in [-0.05, 0) is 18.1 Å². The van der Waals surface area contributed by atoms with Crippen molar-refractivity contribution in [3.05, 3.63) is 5.82 Å². The van der Waals surface area contributed by atoms with Gasteiger partial charge in [0.25, 0.3) is 0 Å². The minimum atomic E-state index is -1.20. The van der Waals surface area contributed by atoms with Crippen molar-refractivity contribution < 1.29 is 15.0 Å². The Morgan fingerprint density at radius 1 is 1.64 bits per heavy atom. The topological polar surface area (TPSA) is 101 Å². The quantitative estimate of drug-likeness (QED) is 0.625. The van der Waals surface area contributed by atoms with E-state index in [-0.39, 0.29) is 18.7 Å². The molecular weight excluding hydrogens is 188 g/mol. The van der Waals surface area contributed by atoms with Crippen LogP contribution in [0.1, 0.15) is 18.7 Å². The van der Waals surface area contributed by atoms with E-state index in [0.29, 0.717) is 0 Å².